The van der Waals surface area contributed by atoms with Crippen LogP contribution in [0.5, 0.6) is 0 Å². The molecule has 2 N–H and O–H groups in total. The van der Waals surface area contributed by atoms with Gasteiger partial charge in [-0.25, -0.2) is 9.50 Å². The number of anilines is 1. The molecule has 1 aromatic carbocycles. The van der Waals surface area contributed by atoms with Gasteiger partial charge >= 0.3 is 5.97 Å². The molecule has 0 saturated heterocycles. The van der Waals surface area contributed by atoms with E-state index < -0.39 is 5.97 Å². The SMILES string of the molecule is Cc1nc2ncnn2c(C)c1CCC(=O)Nc1ccc(CCC(=O)O)cc1. The van der Waals surface area contributed by atoms with Crippen LogP contribution < -0.4 is 5.32 Å². The monoisotopic (exact) mass is 367 g/mol. The zero-order valence-corrected chi connectivity index (χ0v) is 15.3. The predicted octanol–water partition coefficient (Wildman–Crippen LogP) is 2.33. The van der Waals surface area contributed by atoms with Gasteiger partial charge in [0.15, 0.2) is 0 Å². The van der Waals surface area contributed by atoms with Crippen LogP contribution in [-0.4, -0.2) is 36.6 Å². The summed E-state index contributed by atoms with van der Waals surface area (Å²) in [5.41, 5.74) is 4.40. The zero-order valence-electron chi connectivity index (χ0n) is 15.3. The Morgan fingerprint density at radius 1 is 1.11 bits per heavy atom. The maximum Gasteiger partial charge on any atom is 0.303 e. The van der Waals surface area contributed by atoms with Gasteiger partial charge in [-0.3, -0.25) is 9.59 Å². The minimum atomic E-state index is -0.823. The summed E-state index contributed by atoms with van der Waals surface area (Å²) in [4.78, 5) is 31.4. The van der Waals surface area contributed by atoms with Crippen molar-refractivity contribution in [2.24, 2.45) is 0 Å². The van der Waals surface area contributed by atoms with E-state index >= 15 is 0 Å². The van der Waals surface area contributed by atoms with Crippen molar-refractivity contribution in [3.63, 3.8) is 0 Å². The number of aryl methyl sites for hydroxylation is 3. The van der Waals surface area contributed by atoms with E-state index in [-0.39, 0.29) is 12.3 Å². The number of amides is 1. The van der Waals surface area contributed by atoms with Gasteiger partial charge < -0.3 is 10.4 Å². The summed E-state index contributed by atoms with van der Waals surface area (Å²) in [7, 11) is 0. The molecular weight excluding hydrogens is 346 g/mol. The molecule has 8 nitrogen and oxygen atoms in total. The van der Waals surface area contributed by atoms with Crippen LogP contribution in [0, 0.1) is 13.8 Å². The first-order chi connectivity index (χ1) is 12.9. The molecule has 0 saturated carbocycles. The molecule has 0 aliphatic rings. The second kappa shape index (κ2) is 7.94. The lowest BCUT2D eigenvalue weighted by Crippen LogP contribution is -2.14. The Kier molecular flexibility index (Phi) is 5.44. The number of hydrogen-bond acceptors (Lipinski definition) is 5. The van der Waals surface area contributed by atoms with Crippen LogP contribution in [0.15, 0.2) is 30.6 Å². The summed E-state index contributed by atoms with van der Waals surface area (Å²) in [6.45, 7) is 3.85. The summed E-state index contributed by atoms with van der Waals surface area (Å²) < 4.78 is 1.68. The zero-order chi connectivity index (χ0) is 19.4. The van der Waals surface area contributed by atoms with E-state index in [1.54, 1.807) is 16.6 Å². The molecule has 3 aromatic rings. The lowest BCUT2D eigenvalue weighted by atomic mass is 10.1. The van der Waals surface area contributed by atoms with Gasteiger partial charge in [0, 0.05) is 29.9 Å². The lowest BCUT2D eigenvalue weighted by molar-refractivity contribution is -0.137. The molecule has 3 rings (SSSR count). The highest BCUT2D eigenvalue weighted by atomic mass is 16.4. The van der Waals surface area contributed by atoms with Crippen molar-refractivity contribution in [3.8, 4) is 0 Å². The van der Waals surface area contributed by atoms with E-state index in [0.29, 0.717) is 30.7 Å². The van der Waals surface area contributed by atoms with E-state index in [0.717, 1.165) is 22.5 Å². The van der Waals surface area contributed by atoms with Crippen LogP contribution in [0.1, 0.15) is 35.4 Å². The number of carbonyl (C=O) groups excluding carboxylic acids is 1. The fraction of sp³-hybridized carbons (Fsp3) is 0.316. The molecule has 8 heteroatoms. The third-order valence-corrected chi connectivity index (χ3v) is 4.46. The molecule has 0 fully saturated rings. The number of carbonyl (C=O) groups is 2. The van der Waals surface area contributed by atoms with Crippen molar-refractivity contribution >= 4 is 23.3 Å². The van der Waals surface area contributed by atoms with Crippen LogP contribution in [0.25, 0.3) is 5.78 Å². The lowest BCUT2D eigenvalue weighted by Gasteiger charge is -2.11. The van der Waals surface area contributed by atoms with Crippen molar-refractivity contribution in [3.05, 3.63) is 53.1 Å². The number of carboxylic acid groups (broad SMARTS) is 1. The van der Waals surface area contributed by atoms with Crippen molar-refractivity contribution in [2.75, 3.05) is 5.32 Å². The Labute approximate surface area is 156 Å². The van der Waals surface area contributed by atoms with E-state index in [2.05, 4.69) is 20.4 Å². The molecule has 0 spiro atoms. The summed E-state index contributed by atoms with van der Waals surface area (Å²) >= 11 is 0. The van der Waals surface area contributed by atoms with Gasteiger partial charge in [-0.15, -0.1) is 0 Å². The number of hydrogen-bond donors (Lipinski definition) is 2. The number of aromatic nitrogens is 4. The fourth-order valence-corrected chi connectivity index (χ4v) is 2.99. The summed E-state index contributed by atoms with van der Waals surface area (Å²) in [6, 6.07) is 7.23. The van der Waals surface area contributed by atoms with Crippen LogP contribution in [0.2, 0.25) is 0 Å². The quantitative estimate of drug-likeness (QED) is 0.663. The minimum Gasteiger partial charge on any atom is -0.481 e. The van der Waals surface area contributed by atoms with Gasteiger partial charge in [0.05, 0.1) is 0 Å². The average molecular weight is 367 g/mol. The van der Waals surface area contributed by atoms with Crippen LogP contribution in [-0.2, 0) is 22.4 Å². The number of fused-ring (bicyclic) bond motifs is 1. The summed E-state index contributed by atoms with van der Waals surface area (Å²) in [5.74, 6) is -0.358. The molecule has 0 aliphatic carbocycles. The summed E-state index contributed by atoms with van der Waals surface area (Å²) in [6.07, 6.45) is 2.91. The van der Waals surface area contributed by atoms with Crippen LogP contribution in [0.4, 0.5) is 5.69 Å². The van der Waals surface area contributed by atoms with E-state index in [9.17, 15) is 9.59 Å². The highest BCUT2D eigenvalue weighted by molar-refractivity contribution is 5.90. The molecule has 140 valence electrons. The predicted molar refractivity (Wildman–Crippen MR) is 99.6 cm³/mol. The normalized spacial score (nSPS) is 10.9. The second-order valence-electron chi connectivity index (χ2n) is 6.37. The Hall–Kier alpha value is -3.29. The number of carboxylic acids is 1. The molecule has 2 heterocycles. The first-order valence-electron chi connectivity index (χ1n) is 8.70. The second-order valence-corrected chi connectivity index (χ2v) is 6.37. The number of rotatable bonds is 7. The number of nitrogens with zero attached hydrogens (tertiary/aromatic N) is 4. The Morgan fingerprint density at radius 2 is 1.85 bits per heavy atom. The van der Waals surface area contributed by atoms with Gasteiger partial charge in [0.2, 0.25) is 5.91 Å². The van der Waals surface area contributed by atoms with E-state index in [4.69, 9.17) is 5.11 Å². The third kappa shape index (κ3) is 4.46. The molecule has 0 unspecified atom stereocenters. The fourth-order valence-electron chi connectivity index (χ4n) is 2.99. The number of benzene rings is 1. The molecular formula is C19H21N5O3. The van der Waals surface area contributed by atoms with Gasteiger partial charge in [0.25, 0.3) is 5.78 Å². The van der Waals surface area contributed by atoms with E-state index in [1.807, 2.05) is 26.0 Å². The number of nitrogens with one attached hydrogen (secondary N) is 1. The molecule has 1 amide bonds. The van der Waals surface area contributed by atoms with Gasteiger partial charge in [-0.1, -0.05) is 12.1 Å². The minimum absolute atomic E-state index is 0.0918. The van der Waals surface area contributed by atoms with Gasteiger partial charge in [-0.05, 0) is 49.9 Å². The maximum atomic E-state index is 12.3. The number of aliphatic carboxylic acids is 1. The Morgan fingerprint density at radius 3 is 2.56 bits per heavy atom. The largest absolute Gasteiger partial charge is 0.481 e. The average Bonchev–Trinajstić information content (AvgIpc) is 3.09. The standard InChI is InChI=1S/C19H21N5O3/c1-12-16(13(2)24-19(22-12)20-11-21-24)8-9-17(25)23-15-6-3-14(4-7-15)5-10-18(26)27/h3-4,6-7,11H,5,8-10H2,1-2H3,(H,23,25)(H,26,27). The van der Waals surface area contributed by atoms with Crippen LogP contribution in [0.3, 0.4) is 0 Å². The first kappa shape index (κ1) is 18.5. The van der Waals surface area contributed by atoms with Crippen LogP contribution >= 0.6 is 0 Å². The van der Waals surface area contributed by atoms with Crippen molar-refractivity contribution in [1.82, 2.24) is 19.6 Å². The smallest absolute Gasteiger partial charge is 0.303 e. The van der Waals surface area contributed by atoms with Gasteiger partial charge in [0.1, 0.15) is 6.33 Å². The topological polar surface area (TPSA) is 109 Å². The van der Waals surface area contributed by atoms with Crippen molar-refractivity contribution in [1.29, 1.82) is 0 Å². The molecule has 0 bridgehead atoms. The third-order valence-electron chi connectivity index (χ3n) is 4.46. The first-order valence-corrected chi connectivity index (χ1v) is 8.70. The van der Waals surface area contributed by atoms with E-state index in [1.165, 1.54) is 6.33 Å². The molecule has 2 aromatic heterocycles. The Bertz CT molecular complexity index is 979. The Balaban J connectivity index is 1.59. The maximum absolute atomic E-state index is 12.3. The van der Waals surface area contributed by atoms with Gasteiger partial charge in [-0.2, -0.15) is 10.1 Å². The van der Waals surface area contributed by atoms with Crippen molar-refractivity contribution in [2.45, 2.75) is 39.5 Å². The van der Waals surface area contributed by atoms with Crippen molar-refractivity contribution < 1.29 is 14.7 Å². The molecule has 0 aliphatic heterocycles. The highest BCUT2D eigenvalue weighted by Crippen LogP contribution is 2.16. The molecule has 27 heavy (non-hydrogen) atoms. The molecule has 0 radical (unpaired) electrons. The highest BCUT2D eigenvalue weighted by Gasteiger charge is 2.12. The summed E-state index contributed by atoms with van der Waals surface area (Å²) in [5, 5.41) is 15.7. The molecule has 0 atom stereocenters.